The van der Waals surface area contributed by atoms with Gasteiger partial charge >= 0.3 is 0 Å². The minimum Gasteiger partial charge on any atom is -0.350 e. The molecule has 4 nitrogen and oxygen atoms in total. The topological polar surface area (TPSA) is 49.4 Å². The highest BCUT2D eigenvalue weighted by Crippen LogP contribution is 2.36. The zero-order valence-electron chi connectivity index (χ0n) is 17.3. The van der Waals surface area contributed by atoms with Crippen LogP contribution in [-0.2, 0) is 9.59 Å². The van der Waals surface area contributed by atoms with Crippen LogP contribution in [0.1, 0.15) is 22.3 Å². The van der Waals surface area contributed by atoms with Gasteiger partial charge in [0.25, 0.3) is 11.8 Å². The maximum atomic E-state index is 13.6. The van der Waals surface area contributed by atoms with E-state index >= 15 is 0 Å². The summed E-state index contributed by atoms with van der Waals surface area (Å²) in [6, 6.07) is 17.9. The minimum atomic E-state index is -0.405. The van der Waals surface area contributed by atoms with Gasteiger partial charge in [-0.1, -0.05) is 47.5 Å². The summed E-state index contributed by atoms with van der Waals surface area (Å²) in [4.78, 5) is 28.3. The summed E-state index contributed by atoms with van der Waals surface area (Å²) in [6.07, 6.45) is 0. The highest BCUT2D eigenvalue weighted by atomic mass is 35.5. The van der Waals surface area contributed by atoms with E-state index in [1.807, 2.05) is 39.0 Å². The van der Waals surface area contributed by atoms with Gasteiger partial charge in [-0.3, -0.25) is 9.59 Å². The van der Waals surface area contributed by atoms with Crippen LogP contribution >= 0.6 is 23.2 Å². The van der Waals surface area contributed by atoms with Crippen molar-refractivity contribution in [1.82, 2.24) is 0 Å². The number of nitrogens with one attached hydrogen (secondary N) is 1. The molecule has 0 aliphatic carbocycles. The average molecular weight is 451 g/mol. The average Bonchev–Trinajstić information content (AvgIpc) is 2.96. The van der Waals surface area contributed by atoms with Crippen LogP contribution in [0, 0.1) is 20.8 Å². The predicted molar refractivity (Wildman–Crippen MR) is 127 cm³/mol. The standard InChI is InChI=1S/C25H20Cl2N2O2/c1-14-4-5-15(2)21(12-14)29-24(30)22(17-6-8-18(26)9-7-17)23(25(29)31)28-20-11-10-19(27)13-16(20)3/h4-13,28H,1-3H3. The number of carbonyl (C=O) groups is 2. The quantitative estimate of drug-likeness (QED) is 0.473. The summed E-state index contributed by atoms with van der Waals surface area (Å²) >= 11 is 12.1. The van der Waals surface area contributed by atoms with E-state index in [1.165, 1.54) is 4.90 Å². The molecule has 0 saturated heterocycles. The van der Waals surface area contributed by atoms with Crippen LogP contribution in [-0.4, -0.2) is 11.8 Å². The van der Waals surface area contributed by atoms with Gasteiger partial charge in [0.2, 0.25) is 0 Å². The minimum absolute atomic E-state index is 0.221. The third-order valence-corrected chi connectivity index (χ3v) is 5.76. The number of amides is 2. The first-order valence-corrected chi connectivity index (χ1v) is 10.5. The molecule has 4 rings (SSSR count). The van der Waals surface area contributed by atoms with Crippen LogP contribution in [0.15, 0.2) is 66.4 Å². The third-order valence-electron chi connectivity index (χ3n) is 5.27. The number of nitrogens with zero attached hydrogens (tertiary/aromatic N) is 1. The first kappa shape index (κ1) is 21.2. The smallest absolute Gasteiger partial charge is 0.282 e. The lowest BCUT2D eigenvalue weighted by Crippen LogP contribution is -2.33. The second-order valence-electron chi connectivity index (χ2n) is 7.58. The van der Waals surface area contributed by atoms with Crippen LogP contribution in [0.3, 0.4) is 0 Å². The molecule has 2 amide bonds. The monoisotopic (exact) mass is 450 g/mol. The molecule has 0 spiro atoms. The van der Waals surface area contributed by atoms with Gasteiger partial charge in [-0.15, -0.1) is 0 Å². The highest BCUT2D eigenvalue weighted by Gasteiger charge is 2.41. The van der Waals surface area contributed by atoms with Gasteiger partial charge < -0.3 is 5.32 Å². The number of hydrogen-bond donors (Lipinski definition) is 1. The van der Waals surface area contributed by atoms with Crippen molar-refractivity contribution in [3.8, 4) is 0 Å². The second-order valence-corrected chi connectivity index (χ2v) is 8.45. The van der Waals surface area contributed by atoms with Gasteiger partial charge in [0.05, 0.1) is 11.3 Å². The zero-order chi connectivity index (χ0) is 22.3. The normalized spacial score (nSPS) is 13.9. The van der Waals surface area contributed by atoms with Crippen molar-refractivity contribution in [2.24, 2.45) is 0 Å². The number of rotatable bonds is 4. The van der Waals surface area contributed by atoms with Crippen LogP contribution in [0.25, 0.3) is 5.57 Å². The van der Waals surface area contributed by atoms with Crippen LogP contribution in [0.5, 0.6) is 0 Å². The van der Waals surface area contributed by atoms with E-state index in [-0.39, 0.29) is 11.6 Å². The largest absolute Gasteiger partial charge is 0.350 e. The molecule has 1 heterocycles. The van der Waals surface area contributed by atoms with Gasteiger partial charge in [-0.05, 0) is 79.4 Å². The fraction of sp³-hybridized carbons (Fsp3) is 0.120. The Morgan fingerprint density at radius 3 is 2.10 bits per heavy atom. The van der Waals surface area contributed by atoms with E-state index in [2.05, 4.69) is 5.32 Å². The SMILES string of the molecule is Cc1ccc(C)c(N2C(=O)C(Nc3ccc(Cl)cc3C)=C(c3ccc(Cl)cc3)C2=O)c1. The molecule has 0 fully saturated rings. The number of hydrogen-bond acceptors (Lipinski definition) is 3. The number of benzene rings is 3. The summed E-state index contributed by atoms with van der Waals surface area (Å²) in [5.41, 5.74) is 5.08. The number of carbonyl (C=O) groups excluding carboxylic acids is 2. The first-order valence-electron chi connectivity index (χ1n) is 9.75. The number of halogens is 2. The fourth-order valence-corrected chi connectivity index (χ4v) is 3.96. The maximum Gasteiger partial charge on any atom is 0.282 e. The Kier molecular flexibility index (Phi) is 5.61. The molecule has 6 heteroatoms. The van der Waals surface area contributed by atoms with Gasteiger partial charge in [0, 0.05) is 15.7 Å². The molecule has 156 valence electrons. The lowest BCUT2D eigenvalue weighted by atomic mass is 10.0. The molecule has 1 aliphatic heterocycles. The van der Waals surface area contributed by atoms with E-state index in [4.69, 9.17) is 23.2 Å². The van der Waals surface area contributed by atoms with Crippen LogP contribution in [0.4, 0.5) is 11.4 Å². The van der Waals surface area contributed by atoms with Crippen molar-refractivity contribution < 1.29 is 9.59 Å². The van der Waals surface area contributed by atoms with Gasteiger partial charge in [0.1, 0.15) is 5.70 Å². The maximum absolute atomic E-state index is 13.6. The first-order chi connectivity index (χ1) is 14.8. The van der Waals surface area contributed by atoms with Crippen molar-refractivity contribution >= 4 is 52.0 Å². The van der Waals surface area contributed by atoms with Crippen molar-refractivity contribution in [1.29, 1.82) is 0 Å². The predicted octanol–water partition coefficient (Wildman–Crippen LogP) is 6.32. The van der Waals surface area contributed by atoms with E-state index in [0.717, 1.165) is 16.7 Å². The molecular formula is C25H20Cl2N2O2. The summed E-state index contributed by atoms with van der Waals surface area (Å²) in [5.74, 6) is -0.784. The highest BCUT2D eigenvalue weighted by molar-refractivity contribution is 6.46. The van der Waals surface area contributed by atoms with Crippen molar-refractivity contribution in [2.75, 3.05) is 10.2 Å². The van der Waals surface area contributed by atoms with Gasteiger partial charge in [-0.2, -0.15) is 0 Å². The second kappa shape index (κ2) is 8.22. The molecule has 0 radical (unpaired) electrons. The van der Waals surface area contributed by atoms with Gasteiger partial charge in [-0.25, -0.2) is 4.90 Å². The molecule has 1 N–H and O–H groups in total. The molecule has 1 aliphatic rings. The van der Waals surface area contributed by atoms with Crippen molar-refractivity contribution in [3.63, 3.8) is 0 Å². The van der Waals surface area contributed by atoms with Crippen molar-refractivity contribution in [2.45, 2.75) is 20.8 Å². The third kappa shape index (κ3) is 3.97. The molecule has 0 atom stereocenters. The molecule has 0 unspecified atom stereocenters. The van der Waals surface area contributed by atoms with Crippen LogP contribution in [0.2, 0.25) is 10.0 Å². The Hall–Kier alpha value is -3.08. The lowest BCUT2D eigenvalue weighted by Gasteiger charge is -2.18. The molecule has 3 aromatic carbocycles. The van der Waals surface area contributed by atoms with E-state index in [0.29, 0.717) is 32.6 Å². The number of imide groups is 1. The summed E-state index contributed by atoms with van der Waals surface area (Å²) in [7, 11) is 0. The Balaban J connectivity index is 1.87. The number of anilines is 2. The Bertz CT molecular complexity index is 1250. The van der Waals surface area contributed by atoms with E-state index in [1.54, 1.807) is 42.5 Å². The molecule has 0 saturated carbocycles. The van der Waals surface area contributed by atoms with E-state index < -0.39 is 5.91 Å². The molecule has 0 aromatic heterocycles. The fourth-order valence-electron chi connectivity index (χ4n) is 3.61. The van der Waals surface area contributed by atoms with E-state index in [9.17, 15) is 9.59 Å². The molecule has 31 heavy (non-hydrogen) atoms. The van der Waals surface area contributed by atoms with Crippen molar-refractivity contribution in [3.05, 3.63) is 98.7 Å². The Morgan fingerprint density at radius 1 is 0.742 bits per heavy atom. The molecule has 3 aromatic rings. The molecular weight excluding hydrogens is 431 g/mol. The number of aryl methyl sites for hydroxylation is 3. The van der Waals surface area contributed by atoms with Crippen LogP contribution < -0.4 is 10.2 Å². The van der Waals surface area contributed by atoms with Gasteiger partial charge in [0.15, 0.2) is 0 Å². The Morgan fingerprint density at radius 2 is 1.42 bits per heavy atom. The summed E-state index contributed by atoms with van der Waals surface area (Å²) < 4.78 is 0. The Labute approximate surface area is 191 Å². The zero-order valence-corrected chi connectivity index (χ0v) is 18.8. The molecule has 0 bridgehead atoms. The lowest BCUT2D eigenvalue weighted by molar-refractivity contribution is -0.120. The summed E-state index contributed by atoms with van der Waals surface area (Å²) in [6.45, 7) is 5.70. The summed E-state index contributed by atoms with van der Waals surface area (Å²) in [5, 5.41) is 4.34.